The topological polar surface area (TPSA) is 55.1 Å². The van der Waals surface area contributed by atoms with E-state index >= 15 is 0 Å². The van der Waals surface area contributed by atoms with E-state index in [1.54, 1.807) is 0 Å². The van der Waals surface area contributed by atoms with Gasteiger partial charge in [-0.1, -0.05) is 29.8 Å². The molecule has 94 valence electrons. The number of rotatable bonds is 3. The largest absolute Gasteiger partial charge is 0.481 e. The molecule has 1 heterocycles. The zero-order chi connectivity index (χ0) is 13.3. The summed E-state index contributed by atoms with van der Waals surface area (Å²) in [4.78, 5) is 15.2. The van der Waals surface area contributed by atoms with Crippen molar-refractivity contribution in [1.82, 2.24) is 9.55 Å². The van der Waals surface area contributed by atoms with Crippen LogP contribution in [0.15, 0.2) is 24.3 Å². The van der Waals surface area contributed by atoms with Gasteiger partial charge in [-0.2, -0.15) is 0 Å². The standard InChI is InChI=1S/C14H16N2O2/c1-9-4-6-11(7-5-9)14-15-12(8-13(17)18)10(2)16(14)3/h4-7H,8H2,1-3H3,(H,17,18). The van der Waals surface area contributed by atoms with Crippen molar-refractivity contribution in [1.29, 1.82) is 0 Å². The first-order valence-electron chi connectivity index (χ1n) is 5.80. The lowest BCUT2D eigenvalue weighted by atomic mass is 10.1. The van der Waals surface area contributed by atoms with E-state index in [-0.39, 0.29) is 6.42 Å². The third kappa shape index (κ3) is 2.27. The van der Waals surface area contributed by atoms with Crippen LogP contribution in [0.25, 0.3) is 11.4 Å². The molecule has 0 amide bonds. The predicted molar refractivity (Wildman–Crippen MR) is 69.5 cm³/mol. The van der Waals surface area contributed by atoms with E-state index in [2.05, 4.69) is 4.98 Å². The number of aryl methyl sites for hydroxylation is 1. The van der Waals surface area contributed by atoms with Gasteiger partial charge < -0.3 is 9.67 Å². The minimum atomic E-state index is -0.855. The summed E-state index contributed by atoms with van der Waals surface area (Å²) >= 11 is 0. The Kier molecular flexibility index (Phi) is 3.19. The molecule has 0 atom stereocenters. The van der Waals surface area contributed by atoms with Crippen LogP contribution in [0.3, 0.4) is 0 Å². The van der Waals surface area contributed by atoms with Crippen LogP contribution in [-0.2, 0) is 18.3 Å². The van der Waals surface area contributed by atoms with Crippen molar-refractivity contribution >= 4 is 5.97 Å². The maximum absolute atomic E-state index is 10.8. The van der Waals surface area contributed by atoms with Gasteiger partial charge in [-0.15, -0.1) is 0 Å². The van der Waals surface area contributed by atoms with E-state index in [9.17, 15) is 4.79 Å². The van der Waals surface area contributed by atoms with Gasteiger partial charge in [0.25, 0.3) is 0 Å². The normalized spacial score (nSPS) is 10.6. The second kappa shape index (κ2) is 4.64. The fourth-order valence-electron chi connectivity index (χ4n) is 1.91. The van der Waals surface area contributed by atoms with Crippen LogP contribution in [0, 0.1) is 13.8 Å². The molecule has 1 aromatic heterocycles. The SMILES string of the molecule is Cc1ccc(-c2nc(CC(=O)O)c(C)n2C)cc1. The highest BCUT2D eigenvalue weighted by Crippen LogP contribution is 2.21. The van der Waals surface area contributed by atoms with Crippen LogP contribution in [0.1, 0.15) is 17.0 Å². The minimum Gasteiger partial charge on any atom is -0.481 e. The molecule has 18 heavy (non-hydrogen) atoms. The molecule has 0 saturated heterocycles. The summed E-state index contributed by atoms with van der Waals surface area (Å²) in [6.45, 7) is 3.92. The summed E-state index contributed by atoms with van der Waals surface area (Å²) in [5, 5.41) is 8.85. The number of aromatic nitrogens is 2. The van der Waals surface area contributed by atoms with Gasteiger partial charge in [0, 0.05) is 18.3 Å². The van der Waals surface area contributed by atoms with Crippen molar-refractivity contribution < 1.29 is 9.90 Å². The summed E-state index contributed by atoms with van der Waals surface area (Å²) in [7, 11) is 1.91. The highest BCUT2D eigenvalue weighted by atomic mass is 16.4. The zero-order valence-corrected chi connectivity index (χ0v) is 10.8. The molecule has 2 rings (SSSR count). The van der Waals surface area contributed by atoms with Crippen molar-refractivity contribution in [3.05, 3.63) is 41.2 Å². The second-order valence-corrected chi connectivity index (χ2v) is 4.46. The van der Waals surface area contributed by atoms with Crippen LogP contribution in [0.5, 0.6) is 0 Å². The first-order valence-corrected chi connectivity index (χ1v) is 5.80. The van der Waals surface area contributed by atoms with Gasteiger partial charge in [-0.25, -0.2) is 4.98 Å². The number of hydrogen-bond donors (Lipinski definition) is 1. The van der Waals surface area contributed by atoms with Crippen LogP contribution in [0.4, 0.5) is 0 Å². The molecule has 2 aromatic rings. The second-order valence-electron chi connectivity index (χ2n) is 4.46. The number of aliphatic carboxylic acids is 1. The van der Waals surface area contributed by atoms with E-state index < -0.39 is 5.97 Å². The number of benzene rings is 1. The number of nitrogens with zero attached hydrogens (tertiary/aromatic N) is 2. The van der Waals surface area contributed by atoms with Gasteiger partial charge in [0.2, 0.25) is 0 Å². The van der Waals surface area contributed by atoms with E-state index in [1.807, 2.05) is 49.7 Å². The number of carboxylic acids is 1. The first-order chi connectivity index (χ1) is 8.49. The van der Waals surface area contributed by atoms with Gasteiger partial charge in [0.1, 0.15) is 5.82 Å². The maximum Gasteiger partial charge on any atom is 0.309 e. The summed E-state index contributed by atoms with van der Waals surface area (Å²) in [5.74, 6) is -0.0459. The van der Waals surface area contributed by atoms with Crippen molar-refractivity contribution in [3.8, 4) is 11.4 Å². The number of carbonyl (C=O) groups is 1. The Hall–Kier alpha value is -2.10. The average Bonchev–Trinajstić information content (AvgIpc) is 2.58. The van der Waals surface area contributed by atoms with E-state index in [1.165, 1.54) is 5.56 Å². The number of carboxylic acid groups (broad SMARTS) is 1. The Balaban J connectivity index is 2.45. The molecule has 0 unspecified atom stereocenters. The first kappa shape index (κ1) is 12.4. The Labute approximate surface area is 106 Å². The van der Waals surface area contributed by atoms with Crippen molar-refractivity contribution in [2.45, 2.75) is 20.3 Å². The van der Waals surface area contributed by atoms with E-state index in [0.29, 0.717) is 5.69 Å². The highest BCUT2D eigenvalue weighted by molar-refractivity contribution is 5.70. The van der Waals surface area contributed by atoms with Crippen LogP contribution < -0.4 is 0 Å². The predicted octanol–water partition coefficient (Wildman–Crippen LogP) is 2.33. The smallest absolute Gasteiger partial charge is 0.309 e. The minimum absolute atomic E-state index is 0.0362. The molecule has 0 aliphatic rings. The molecule has 0 aliphatic heterocycles. The molecule has 0 radical (unpaired) electrons. The lowest BCUT2D eigenvalue weighted by molar-refractivity contribution is -0.136. The molecule has 0 fully saturated rings. The molecular formula is C14H16N2O2. The third-order valence-electron chi connectivity index (χ3n) is 3.11. The fraction of sp³-hybridized carbons (Fsp3) is 0.286. The van der Waals surface area contributed by atoms with E-state index in [4.69, 9.17) is 5.11 Å². The van der Waals surface area contributed by atoms with Crippen LogP contribution in [0.2, 0.25) is 0 Å². The van der Waals surface area contributed by atoms with Gasteiger partial charge >= 0.3 is 5.97 Å². The van der Waals surface area contributed by atoms with Crippen molar-refractivity contribution in [2.24, 2.45) is 7.05 Å². The molecule has 1 aromatic carbocycles. The molecule has 1 N–H and O–H groups in total. The van der Waals surface area contributed by atoms with Crippen molar-refractivity contribution in [3.63, 3.8) is 0 Å². The molecule has 4 nitrogen and oxygen atoms in total. The third-order valence-corrected chi connectivity index (χ3v) is 3.11. The van der Waals surface area contributed by atoms with E-state index in [0.717, 1.165) is 17.1 Å². The molecular weight excluding hydrogens is 228 g/mol. The summed E-state index contributed by atoms with van der Waals surface area (Å²) < 4.78 is 1.93. The number of hydrogen-bond acceptors (Lipinski definition) is 2. The highest BCUT2D eigenvalue weighted by Gasteiger charge is 2.14. The molecule has 0 bridgehead atoms. The Bertz CT molecular complexity index is 583. The molecule has 0 saturated carbocycles. The Morgan fingerprint density at radius 2 is 1.89 bits per heavy atom. The molecule has 4 heteroatoms. The lowest BCUT2D eigenvalue weighted by Crippen LogP contribution is -2.02. The van der Waals surface area contributed by atoms with Crippen LogP contribution >= 0.6 is 0 Å². The summed E-state index contributed by atoms with van der Waals surface area (Å²) in [6, 6.07) is 8.05. The summed E-state index contributed by atoms with van der Waals surface area (Å²) in [5.41, 5.74) is 3.71. The fourth-order valence-corrected chi connectivity index (χ4v) is 1.91. The lowest BCUT2D eigenvalue weighted by Gasteiger charge is -2.03. The summed E-state index contributed by atoms with van der Waals surface area (Å²) in [6.07, 6.45) is -0.0362. The van der Waals surface area contributed by atoms with Crippen LogP contribution in [-0.4, -0.2) is 20.6 Å². The van der Waals surface area contributed by atoms with Gasteiger partial charge in [-0.3, -0.25) is 4.79 Å². The Morgan fingerprint density at radius 3 is 2.44 bits per heavy atom. The molecule has 0 aliphatic carbocycles. The quantitative estimate of drug-likeness (QED) is 0.901. The average molecular weight is 244 g/mol. The Morgan fingerprint density at radius 1 is 1.28 bits per heavy atom. The van der Waals surface area contributed by atoms with Gasteiger partial charge in [0.05, 0.1) is 12.1 Å². The molecule has 0 spiro atoms. The number of imidazole rings is 1. The van der Waals surface area contributed by atoms with Crippen molar-refractivity contribution in [2.75, 3.05) is 0 Å². The van der Waals surface area contributed by atoms with Gasteiger partial charge in [-0.05, 0) is 13.8 Å². The van der Waals surface area contributed by atoms with Gasteiger partial charge in [0.15, 0.2) is 0 Å². The maximum atomic E-state index is 10.8. The zero-order valence-electron chi connectivity index (χ0n) is 10.8. The monoisotopic (exact) mass is 244 g/mol.